The Morgan fingerprint density at radius 3 is 2.45 bits per heavy atom. The number of nitrogens with zero attached hydrogens (tertiary/aromatic N) is 2. The molecule has 0 unspecified atom stereocenters. The second-order valence-corrected chi connectivity index (χ2v) is 11.1. The van der Waals surface area contributed by atoms with Crippen LogP contribution in [0.5, 0.6) is 5.75 Å². The second kappa shape index (κ2) is 10.7. The lowest BCUT2D eigenvalue weighted by atomic mass is 9.90. The van der Waals surface area contributed by atoms with Gasteiger partial charge in [0.2, 0.25) is 15.9 Å². The number of hydrogen-bond donors (Lipinski definition) is 1. The predicted octanol–water partition coefficient (Wildman–Crippen LogP) is 4.39. The van der Waals surface area contributed by atoms with Crippen LogP contribution in [0.3, 0.4) is 0 Å². The van der Waals surface area contributed by atoms with Crippen LogP contribution in [0.15, 0.2) is 47.5 Å². The normalized spacial score (nSPS) is 18.7. The zero-order valence-corrected chi connectivity index (χ0v) is 20.0. The van der Waals surface area contributed by atoms with Crippen LogP contribution in [-0.2, 0) is 14.8 Å². The first kappa shape index (κ1) is 23.7. The van der Waals surface area contributed by atoms with E-state index in [4.69, 9.17) is 4.74 Å². The first-order valence-corrected chi connectivity index (χ1v) is 13.3. The van der Waals surface area contributed by atoms with Gasteiger partial charge < -0.3 is 10.1 Å². The van der Waals surface area contributed by atoms with E-state index in [9.17, 15) is 13.2 Å². The lowest BCUT2D eigenvalue weighted by Gasteiger charge is -2.30. The molecule has 1 aromatic carbocycles. The lowest BCUT2D eigenvalue weighted by molar-refractivity contribution is -0.120. The fraction of sp³-hybridized carbons (Fsp3) is 0.520. The number of rotatable bonds is 7. The van der Waals surface area contributed by atoms with Crippen LogP contribution in [0, 0.1) is 18.8 Å². The summed E-state index contributed by atoms with van der Waals surface area (Å²) in [6.45, 7) is 3.21. The van der Waals surface area contributed by atoms with Gasteiger partial charge in [0, 0.05) is 25.2 Å². The highest BCUT2D eigenvalue weighted by Crippen LogP contribution is 2.29. The fourth-order valence-corrected chi connectivity index (χ4v) is 6.07. The van der Waals surface area contributed by atoms with Gasteiger partial charge in [0.1, 0.15) is 0 Å². The van der Waals surface area contributed by atoms with E-state index in [1.165, 1.54) is 36.4 Å². The minimum atomic E-state index is -3.54. The van der Waals surface area contributed by atoms with E-state index in [1.54, 1.807) is 36.5 Å². The van der Waals surface area contributed by atoms with Crippen molar-refractivity contribution in [2.24, 2.45) is 11.8 Å². The molecule has 2 fully saturated rings. The summed E-state index contributed by atoms with van der Waals surface area (Å²) >= 11 is 0. The van der Waals surface area contributed by atoms with Crippen LogP contribution in [0.1, 0.15) is 50.5 Å². The van der Waals surface area contributed by atoms with Crippen LogP contribution in [0.2, 0.25) is 0 Å². The zero-order valence-electron chi connectivity index (χ0n) is 19.2. The van der Waals surface area contributed by atoms with Crippen molar-refractivity contribution >= 4 is 21.7 Å². The maximum Gasteiger partial charge on any atom is 0.243 e. The molecule has 0 bridgehead atoms. The molecule has 4 rings (SSSR count). The predicted molar refractivity (Wildman–Crippen MR) is 128 cm³/mol. The minimum absolute atomic E-state index is 0.136. The van der Waals surface area contributed by atoms with Crippen LogP contribution in [-0.4, -0.2) is 43.3 Å². The van der Waals surface area contributed by atoms with Gasteiger partial charge in [-0.3, -0.25) is 4.79 Å². The van der Waals surface area contributed by atoms with Crippen molar-refractivity contribution in [3.63, 3.8) is 0 Å². The van der Waals surface area contributed by atoms with Gasteiger partial charge in [0.15, 0.2) is 11.6 Å². The van der Waals surface area contributed by atoms with Crippen molar-refractivity contribution < 1.29 is 17.9 Å². The summed E-state index contributed by atoms with van der Waals surface area (Å²) in [5.74, 6) is 1.19. The van der Waals surface area contributed by atoms with Gasteiger partial charge in [0.25, 0.3) is 0 Å². The van der Waals surface area contributed by atoms with Crippen LogP contribution in [0.4, 0.5) is 5.82 Å². The molecule has 1 aromatic heterocycles. The highest BCUT2D eigenvalue weighted by atomic mass is 32.2. The van der Waals surface area contributed by atoms with E-state index in [1.807, 2.05) is 13.0 Å². The molecule has 2 heterocycles. The van der Waals surface area contributed by atoms with Gasteiger partial charge >= 0.3 is 0 Å². The highest BCUT2D eigenvalue weighted by molar-refractivity contribution is 7.89. The molecule has 0 radical (unpaired) electrons. The third kappa shape index (κ3) is 5.92. The van der Waals surface area contributed by atoms with Gasteiger partial charge in [-0.05, 0) is 62.8 Å². The number of aromatic nitrogens is 1. The van der Waals surface area contributed by atoms with Gasteiger partial charge in [-0.25, -0.2) is 13.4 Å². The molecule has 1 saturated carbocycles. The molecular weight excluding hydrogens is 438 g/mol. The Morgan fingerprint density at radius 2 is 1.76 bits per heavy atom. The van der Waals surface area contributed by atoms with Crippen LogP contribution >= 0.6 is 0 Å². The Labute approximate surface area is 196 Å². The van der Waals surface area contributed by atoms with Crippen LogP contribution < -0.4 is 10.1 Å². The number of anilines is 1. The number of benzene rings is 1. The summed E-state index contributed by atoms with van der Waals surface area (Å²) in [5.41, 5.74) is 1.01. The molecule has 7 nitrogen and oxygen atoms in total. The van der Waals surface area contributed by atoms with E-state index in [2.05, 4.69) is 10.3 Å². The molecule has 1 amide bonds. The summed E-state index contributed by atoms with van der Waals surface area (Å²) in [7, 11) is -3.54. The van der Waals surface area contributed by atoms with E-state index in [0.29, 0.717) is 54.9 Å². The van der Waals surface area contributed by atoms with E-state index < -0.39 is 10.0 Å². The number of aryl methyl sites for hydroxylation is 1. The van der Waals surface area contributed by atoms with Gasteiger partial charge in [0.05, 0.1) is 11.5 Å². The molecule has 33 heavy (non-hydrogen) atoms. The number of carbonyl (C=O) groups excluding carboxylic acids is 1. The molecule has 8 heteroatoms. The highest BCUT2D eigenvalue weighted by Gasteiger charge is 2.32. The number of pyridine rings is 1. The Bertz CT molecular complexity index is 1040. The van der Waals surface area contributed by atoms with Crippen molar-refractivity contribution in [2.75, 3.05) is 25.0 Å². The molecule has 2 aromatic rings. The molecule has 1 N–H and O–H groups in total. The van der Waals surface area contributed by atoms with Crippen molar-refractivity contribution in [2.45, 2.75) is 56.8 Å². The lowest BCUT2D eigenvalue weighted by Crippen LogP contribution is -2.41. The average Bonchev–Trinajstić information content (AvgIpc) is 2.84. The van der Waals surface area contributed by atoms with Gasteiger partial charge in [-0.2, -0.15) is 4.31 Å². The summed E-state index contributed by atoms with van der Waals surface area (Å²) in [6, 6.07) is 10.5. The Morgan fingerprint density at radius 1 is 1.06 bits per heavy atom. The van der Waals surface area contributed by atoms with Gasteiger partial charge in [-0.1, -0.05) is 37.0 Å². The Hall–Kier alpha value is -2.45. The average molecular weight is 472 g/mol. The SMILES string of the molecule is Cc1ccc(S(=O)(=O)N2CCC(C(=O)Nc3ncccc3OCC3CCCCC3)CC2)cc1. The van der Waals surface area contributed by atoms with E-state index in [0.717, 1.165) is 5.56 Å². The molecule has 2 aliphatic rings. The number of piperidine rings is 1. The molecule has 0 spiro atoms. The maximum absolute atomic E-state index is 12.9. The monoisotopic (exact) mass is 471 g/mol. The summed E-state index contributed by atoms with van der Waals surface area (Å²) in [6.07, 6.45) is 8.77. The quantitative estimate of drug-likeness (QED) is 0.647. The fourth-order valence-electron chi connectivity index (χ4n) is 4.60. The molecular formula is C25H33N3O4S. The molecule has 1 aliphatic carbocycles. The van der Waals surface area contributed by atoms with Crippen molar-refractivity contribution in [3.05, 3.63) is 48.2 Å². The van der Waals surface area contributed by atoms with Gasteiger partial charge in [-0.15, -0.1) is 0 Å². The smallest absolute Gasteiger partial charge is 0.243 e. The largest absolute Gasteiger partial charge is 0.489 e. The van der Waals surface area contributed by atoms with E-state index in [-0.39, 0.29) is 11.8 Å². The van der Waals surface area contributed by atoms with Crippen molar-refractivity contribution in [1.29, 1.82) is 0 Å². The minimum Gasteiger partial charge on any atom is -0.489 e. The third-order valence-electron chi connectivity index (χ3n) is 6.70. The number of sulfonamides is 1. The number of nitrogens with one attached hydrogen (secondary N) is 1. The van der Waals surface area contributed by atoms with Crippen molar-refractivity contribution in [1.82, 2.24) is 9.29 Å². The molecule has 1 aliphatic heterocycles. The number of hydrogen-bond acceptors (Lipinski definition) is 5. The topological polar surface area (TPSA) is 88.6 Å². The number of amides is 1. The Balaban J connectivity index is 1.32. The van der Waals surface area contributed by atoms with Crippen LogP contribution in [0.25, 0.3) is 0 Å². The summed E-state index contributed by atoms with van der Waals surface area (Å²) in [4.78, 5) is 17.5. The second-order valence-electron chi connectivity index (χ2n) is 9.15. The summed E-state index contributed by atoms with van der Waals surface area (Å²) < 4.78 is 33.3. The number of ether oxygens (including phenoxy) is 1. The Kier molecular flexibility index (Phi) is 7.65. The molecule has 0 atom stereocenters. The molecule has 178 valence electrons. The zero-order chi connectivity index (χ0) is 23.3. The summed E-state index contributed by atoms with van der Waals surface area (Å²) in [5, 5.41) is 2.92. The van der Waals surface area contributed by atoms with E-state index >= 15 is 0 Å². The standard InChI is InChI=1S/C25H33N3O4S/c1-19-9-11-22(12-10-19)33(30,31)28-16-13-21(14-17-28)25(29)27-24-23(8-5-15-26-24)32-18-20-6-3-2-4-7-20/h5,8-12,15,20-21H,2-4,6-7,13-14,16-18H2,1H3,(H,26,27,29). The molecule has 1 saturated heterocycles. The third-order valence-corrected chi connectivity index (χ3v) is 8.61. The van der Waals surface area contributed by atoms with Crippen molar-refractivity contribution in [3.8, 4) is 5.75 Å². The first-order chi connectivity index (χ1) is 15.9. The maximum atomic E-state index is 12.9. The number of carbonyl (C=O) groups is 1. The first-order valence-electron chi connectivity index (χ1n) is 11.9.